The average Bonchev–Trinajstić information content (AvgIpc) is 2.77. The number of hydrogen-bond acceptors (Lipinski definition) is 3. The molecule has 0 spiro atoms. The normalized spacial score (nSPS) is 11.4. The Balaban J connectivity index is 1.68. The highest BCUT2D eigenvalue weighted by Crippen LogP contribution is 2.23. The van der Waals surface area contributed by atoms with E-state index in [1.807, 2.05) is 92.7 Å². The van der Waals surface area contributed by atoms with Gasteiger partial charge in [0, 0.05) is 13.0 Å². The van der Waals surface area contributed by atoms with Crippen molar-refractivity contribution in [3.8, 4) is 0 Å². The van der Waals surface area contributed by atoms with Gasteiger partial charge in [-0.05, 0) is 54.7 Å². The summed E-state index contributed by atoms with van der Waals surface area (Å²) in [6.45, 7) is 4.19. The number of anilines is 1. The standard InChI is InChI=1S/C26H30N2O3S/c1-20-16-17-24(19-21(20)2)28(32(3,30)31)18-10-15-25(29)27-26(22-11-6-4-7-12-22)23-13-8-5-9-14-23/h4-9,11-14,16-17,19,26H,10,15,18H2,1-3H3,(H,27,29). The first-order valence-corrected chi connectivity index (χ1v) is 12.5. The average molecular weight is 451 g/mol. The second-order valence-corrected chi connectivity index (χ2v) is 9.94. The van der Waals surface area contributed by atoms with Crippen molar-refractivity contribution in [1.82, 2.24) is 5.32 Å². The molecule has 0 fully saturated rings. The molecule has 1 N–H and O–H groups in total. The number of hydrogen-bond donors (Lipinski definition) is 1. The van der Waals surface area contributed by atoms with E-state index in [1.54, 1.807) is 0 Å². The molecule has 0 aliphatic carbocycles. The van der Waals surface area contributed by atoms with Crippen molar-refractivity contribution >= 4 is 21.6 Å². The van der Waals surface area contributed by atoms with Gasteiger partial charge in [0.05, 0.1) is 18.0 Å². The van der Waals surface area contributed by atoms with E-state index in [1.165, 1.54) is 10.6 Å². The Kier molecular flexibility index (Phi) is 7.70. The van der Waals surface area contributed by atoms with Gasteiger partial charge >= 0.3 is 0 Å². The van der Waals surface area contributed by atoms with Crippen LogP contribution in [-0.2, 0) is 14.8 Å². The van der Waals surface area contributed by atoms with Crippen LogP contribution < -0.4 is 9.62 Å². The molecule has 5 nitrogen and oxygen atoms in total. The van der Waals surface area contributed by atoms with Crippen molar-refractivity contribution in [3.63, 3.8) is 0 Å². The molecule has 0 saturated carbocycles. The van der Waals surface area contributed by atoms with Crippen molar-refractivity contribution in [2.75, 3.05) is 17.1 Å². The van der Waals surface area contributed by atoms with Crippen LogP contribution in [0, 0.1) is 13.8 Å². The second-order valence-electron chi connectivity index (χ2n) is 8.03. The summed E-state index contributed by atoms with van der Waals surface area (Å²) in [6, 6.07) is 25.0. The number of aryl methyl sites for hydroxylation is 2. The van der Waals surface area contributed by atoms with E-state index < -0.39 is 10.0 Å². The first-order valence-electron chi connectivity index (χ1n) is 10.7. The van der Waals surface area contributed by atoms with E-state index >= 15 is 0 Å². The fraction of sp³-hybridized carbons (Fsp3) is 0.269. The number of sulfonamides is 1. The van der Waals surface area contributed by atoms with E-state index in [4.69, 9.17) is 0 Å². The topological polar surface area (TPSA) is 66.5 Å². The Morgan fingerprint density at radius 3 is 1.94 bits per heavy atom. The summed E-state index contributed by atoms with van der Waals surface area (Å²) >= 11 is 0. The van der Waals surface area contributed by atoms with Crippen molar-refractivity contribution < 1.29 is 13.2 Å². The maximum Gasteiger partial charge on any atom is 0.232 e. The molecule has 3 rings (SSSR count). The smallest absolute Gasteiger partial charge is 0.232 e. The van der Waals surface area contributed by atoms with E-state index in [0.717, 1.165) is 22.3 Å². The highest BCUT2D eigenvalue weighted by molar-refractivity contribution is 7.92. The summed E-state index contributed by atoms with van der Waals surface area (Å²) in [5, 5.41) is 3.11. The largest absolute Gasteiger partial charge is 0.345 e. The van der Waals surface area contributed by atoms with Crippen LogP contribution in [0.25, 0.3) is 0 Å². The predicted octanol–water partition coefficient (Wildman–Crippen LogP) is 4.76. The van der Waals surface area contributed by atoms with E-state index in [-0.39, 0.29) is 24.9 Å². The maximum atomic E-state index is 12.8. The summed E-state index contributed by atoms with van der Waals surface area (Å²) in [6.07, 6.45) is 1.85. The first-order chi connectivity index (χ1) is 15.3. The highest BCUT2D eigenvalue weighted by Gasteiger charge is 2.20. The van der Waals surface area contributed by atoms with Crippen LogP contribution in [0.2, 0.25) is 0 Å². The fourth-order valence-electron chi connectivity index (χ4n) is 3.63. The van der Waals surface area contributed by atoms with Crippen molar-refractivity contribution in [3.05, 3.63) is 101 Å². The zero-order chi connectivity index (χ0) is 23.1. The lowest BCUT2D eigenvalue weighted by molar-refractivity contribution is -0.121. The Bertz CT molecular complexity index is 1110. The van der Waals surface area contributed by atoms with Crippen LogP contribution in [0.3, 0.4) is 0 Å². The zero-order valence-electron chi connectivity index (χ0n) is 18.8. The molecule has 0 aromatic heterocycles. The minimum atomic E-state index is -3.45. The molecule has 0 radical (unpaired) electrons. The van der Waals surface area contributed by atoms with Crippen molar-refractivity contribution in [2.45, 2.75) is 32.7 Å². The molecular weight excluding hydrogens is 420 g/mol. The lowest BCUT2D eigenvalue weighted by atomic mass is 9.98. The summed E-state index contributed by atoms with van der Waals surface area (Å²) in [7, 11) is -3.45. The van der Waals surface area contributed by atoms with Crippen molar-refractivity contribution in [1.29, 1.82) is 0 Å². The molecule has 0 atom stereocenters. The van der Waals surface area contributed by atoms with Gasteiger partial charge in [-0.15, -0.1) is 0 Å². The monoisotopic (exact) mass is 450 g/mol. The second kappa shape index (κ2) is 10.5. The van der Waals surface area contributed by atoms with Crippen molar-refractivity contribution in [2.24, 2.45) is 0 Å². The van der Waals surface area contributed by atoms with Gasteiger partial charge in [0.15, 0.2) is 0 Å². The molecule has 0 heterocycles. The maximum absolute atomic E-state index is 12.8. The van der Waals surface area contributed by atoms with Crippen LogP contribution in [0.4, 0.5) is 5.69 Å². The summed E-state index contributed by atoms with van der Waals surface area (Å²) in [5.41, 5.74) is 4.76. The predicted molar refractivity (Wildman–Crippen MR) is 130 cm³/mol. The Hall–Kier alpha value is -3.12. The third kappa shape index (κ3) is 6.20. The fourth-order valence-corrected chi connectivity index (χ4v) is 4.59. The van der Waals surface area contributed by atoms with E-state index in [0.29, 0.717) is 12.1 Å². The number of nitrogens with one attached hydrogen (secondary N) is 1. The van der Waals surface area contributed by atoms with Gasteiger partial charge in [-0.2, -0.15) is 0 Å². The molecule has 3 aromatic rings. The van der Waals surface area contributed by atoms with E-state index in [9.17, 15) is 13.2 Å². The zero-order valence-corrected chi connectivity index (χ0v) is 19.6. The minimum absolute atomic E-state index is 0.115. The summed E-state index contributed by atoms with van der Waals surface area (Å²) in [5.74, 6) is -0.115. The molecule has 6 heteroatoms. The van der Waals surface area contributed by atoms with Gasteiger partial charge in [0.25, 0.3) is 0 Å². The van der Waals surface area contributed by atoms with Gasteiger partial charge in [0.2, 0.25) is 15.9 Å². The van der Waals surface area contributed by atoms with Crippen LogP contribution >= 0.6 is 0 Å². The quantitative estimate of drug-likeness (QED) is 0.511. The van der Waals surface area contributed by atoms with Crippen LogP contribution in [0.15, 0.2) is 78.9 Å². The number of amides is 1. The number of carbonyl (C=O) groups excluding carboxylic acids is 1. The Morgan fingerprint density at radius 1 is 0.875 bits per heavy atom. The van der Waals surface area contributed by atoms with Gasteiger partial charge < -0.3 is 5.32 Å². The molecule has 0 saturated heterocycles. The summed E-state index contributed by atoms with van der Waals surface area (Å²) in [4.78, 5) is 12.8. The van der Waals surface area contributed by atoms with Gasteiger partial charge in [-0.25, -0.2) is 8.42 Å². The third-order valence-electron chi connectivity index (χ3n) is 5.51. The van der Waals surface area contributed by atoms with Crippen LogP contribution in [0.5, 0.6) is 0 Å². The number of carbonyl (C=O) groups is 1. The number of benzene rings is 3. The van der Waals surface area contributed by atoms with E-state index in [2.05, 4.69) is 5.32 Å². The van der Waals surface area contributed by atoms with Gasteiger partial charge in [0.1, 0.15) is 0 Å². The minimum Gasteiger partial charge on any atom is -0.345 e. The van der Waals surface area contributed by atoms with Gasteiger partial charge in [-0.1, -0.05) is 66.7 Å². The lowest BCUT2D eigenvalue weighted by Crippen LogP contribution is -2.33. The summed E-state index contributed by atoms with van der Waals surface area (Å²) < 4.78 is 26.1. The highest BCUT2D eigenvalue weighted by atomic mass is 32.2. The van der Waals surface area contributed by atoms with Gasteiger partial charge in [-0.3, -0.25) is 9.10 Å². The number of nitrogens with zero attached hydrogens (tertiary/aromatic N) is 1. The Morgan fingerprint density at radius 2 is 1.44 bits per heavy atom. The molecule has 3 aromatic carbocycles. The molecule has 0 bridgehead atoms. The molecule has 0 aliphatic rings. The lowest BCUT2D eigenvalue weighted by Gasteiger charge is -2.24. The van der Waals surface area contributed by atoms with Crippen LogP contribution in [-0.4, -0.2) is 27.1 Å². The Labute approximate surface area is 191 Å². The SMILES string of the molecule is Cc1ccc(N(CCCC(=O)NC(c2ccccc2)c2ccccc2)S(C)(=O)=O)cc1C. The molecule has 0 unspecified atom stereocenters. The molecular formula is C26H30N2O3S. The molecule has 168 valence electrons. The third-order valence-corrected chi connectivity index (χ3v) is 6.71. The first kappa shape index (κ1) is 23.5. The van der Waals surface area contributed by atoms with Crippen LogP contribution in [0.1, 0.15) is 41.1 Å². The number of rotatable bonds is 9. The molecule has 32 heavy (non-hydrogen) atoms. The molecule has 0 aliphatic heterocycles. The molecule has 1 amide bonds.